The second kappa shape index (κ2) is 15.8. The van der Waals surface area contributed by atoms with Crippen LogP contribution in [0.5, 0.6) is 0 Å². The van der Waals surface area contributed by atoms with Gasteiger partial charge in [0.05, 0.1) is 0 Å². The van der Waals surface area contributed by atoms with Crippen LogP contribution >= 0.6 is 0 Å². The van der Waals surface area contributed by atoms with E-state index in [1.54, 1.807) is 0 Å². The van der Waals surface area contributed by atoms with Crippen LogP contribution in [-0.2, 0) is 9.53 Å². The molecule has 2 heterocycles. The molecule has 150 valence electrons. The highest BCUT2D eigenvalue weighted by atomic mass is 16.5. The third-order valence-corrected chi connectivity index (χ3v) is 5.24. The summed E-state index contributed by atoms with van der Waals surface area (Å²) < 4.78 is 5.18. The summed E-state index contributed by atoms with van der Waals surface area (Å²) in [5.74, 6) is 1.78. The second-order valence-electron chi connectivity index (χ2n) is 7.59. The van der Waals surface area contributed by atoms with Crippen molar-refractivity contribution in [3.8, 4) is 0 Å². The Morgan fingerprint density at radius 1 is 1.04 bits per heavy atom. The maximum atomic E-state index is 10.0. The summed E-state index contributed by atoms with van der Waals surface area (Å²) in [6.45, 7) is 16.9. The molecule has 2 aliphatic rings. The van der Waals surface area contributed by atoms with Crippen molar-refractivity contribution in [3.05, 3.63) is 0 Å². The van der Waals surface area contributed by atoms with Gasteiger partial charge in [0.15, 0.2) is 0 Å². The number of piperidine rings is 2. The van der Waals surface area contributed by atoms with Crippen molar-refractivity contribution >= 4 is 6.29 Å². The van der Waals surface area contributed by atoms with E-state index in [9.17, 15) is 4.79 Å². The highest BCUT2D eigenvalue weighted by Crippen LogP contribution is 2.21. The van der Waals surface area contributed by atoms with Gasteiger partial charge in [0.25, 0.3) is 0 Å². The number of rotatable bonds is 6. The lowest BCUT2D eigenvalue weighted by Gasteiger charge is -2.34. The first-order chi connectivity index (χ1) is 12.0. The zero-order chi connectivity index (χ0) is 19.1. The minimum atomic E-state index is 0.255. The van der Waals surface area contributed by atoms with Gasteiger partial charge in [-0.15, -0.1) is 0 Å². The normalized spacial score (nSPS) is 20.4. The van der Waals surface area contributed by atoms with Crippen molar-refractivity contribution in [1.29, 1.82) is 0 Å². The first kappa shape index (κ1) is 24.6. The monoisotopic (exact) mass is 356 g/mol. The minimum Gasteiger partial charge on any atom is -0.374 e. The summed E-state index contributed by atoms with van der Waals surface area (Å²) in [4.78, 5) is 15.0. The van der Waals surface area contributed by atoms with Crippen LogP contribution in [0.1, 0.15) is 66.7 Å². The van der Waals surface area contributed by atoms with E-state index in [0.29, 0.717) is 6.04 Å². The molecule has 0 aliphatic carbocycles. The number of carbonyl (C=O) groups is 1. The second-order valence-corrected chi connectivity index (χ2v) is 7.59. The largest absolute Gasteiger partial charge is 0.374 e. The van der Waals surface area contributed by atoms with Gasteiger partial charge in [0.2, 0.25) is 0 Å². The quantitative estimate of drug-likeness (QED) is 0.530. The molecule has 2 rings (SSSR count). The van der Waals surface area contributed by atoms with E-state index in [4.69, 9.17) is 4.74 Å². The van der Waals surface area contributed by atoms with Crippen LogP contribution in [0.25, 0.3) is 0 Å². The minimum absolute atomic E-state index is 0.255. The molecular weight excluding hydrogens is 312 g/mol. The summed E-state index contributed by atoms with van der Waals surface area (Å²) in [5, 5.41) is 0. The molecule has 0 radical (unpaired) electrons. The van der Waals surface area contributed by atoms with E-state index in [2.05, 4.69) is 37.6 Å². The zero-order valence-electron chi connectivity index (χ0n) is 17.8. The van der Waals surface area contributed by atoms with Gasteiger partial charge in [0, 0.05) is 12.6 Å². The topological polar surface area (TPSA) is 32.8 Å². The molecule has 2 fully saturated rings. The lowest BCUT2D eigenvalue weighted by Crippen LogP contribution is -2.38. The van der Waals surface area contributed by atoms with Crippen molar-refractivity contribution in [3.63, 3.8) is 0 Å². The lowest BCUT2D eigenvalue weighted by molar-refractivity contribution is -0.112. The summed E-state index contributed by atoms with van der Waals surface area (Å²) >= 11 is 0. The Balaban J connectivity index is 0.000000483. The predicted octanol–water partition coefficient (Wildman–Crippen LogP) is 4.09. The van der Waals surface area contributed by atoms with Crippen molar-refractivity contribution < 1.29 is 9.53 Å². The highest BCUT2D eigenvalue weighted by molar-refractivity contribution is 5.50. The van der Waals surface area contributed by atoms with Crippen LogP contribution in [0.15, 0.2) is 0 Å². The molecule has 4 nitrogen and oxygen atoms in total. The Morgan fingerprint density at radius 2 is 1.60 bits per heavy atom. The molecule has 0 N–H and O–H groups in total. The van der Waals surface area contributed by atoms with Crippen molar-refractivity contribution in [1.82, 2.24) is 9.80 Å². The standard InChI is InChI=1S/C12H23NO2.C7H15N.C2H6/c1-11(2)13-6-3-12(4-7-13)5-9-15-10-8-14;1-7-3-5-8(2)6-4-7;1-2/h8,11-12H,3-7,9-10H2,1-2H3;7H,3-6H2,1-2H3;1-2H3. The zero-order valence-corrected chi connectivity index (χ0v) is 17.8. The average Bonchev–Trinajstić information content (AvgIpc) is 2.64. The van der Waals surface area contributed by atoms with Crippen LogP contribution in [0, 0.1) is 11.8 Å². The molecule has 2 aliphatic heterocycles. The first-order valence-electron chi connectivity index (χ1n) is 10.5. The molecule has 0 bridgehead atoms. The van der Waals surface area contributed by atoms with Crippen LogP contribution in [0.2, 0.25) is 0 Å². The number of hydrogen-bond donors (Lipinski definition) is 0. The van der Waals surface area contributed by atoms with E-state index in [1.165, 1.54) is 51.9 Å². The molecule has 0 aromatic heterocycles. The van der Waals surface area contributed by atoms with Crippen molar-refractivity contribution in [2.24, 2.45) is 11.8 Å². The van der Waals surface area contributed by atoms with Gasteiger partial charge in [-0.25, -0.2) is 0 Å². The molecule has 0 aromatic carbocycles. The Bertz CT molecular complexity index is 284. The van der Waals surface area contributed by atoms with Gasteiger partial charge in [0.1, 0.15) is 12.9 Å². The molecule has 0 atom stereocenters. The number of nitrogens with zero attached hydrogens (tertiary/aromatic N) is 2. The van der Waals surface area contributed by atoms with Crippen LogP contribution in [-0.4, -0.2) is 68.6 Å². The van der Waals surface area contributed by atoms with Gasteiger partial charge in [-0.2, -0.15) is 0 Å². The molecule has 0 amide bonds. The van der Waals surface area contributed by atoms with Gasteiger partial charge < -0.3 is 19.3 Å². The molecule has 0 unspecified atom stereocenters. The summed E-state index contributed by atoms with van der Waals surface area (Å²) in [6.07, 6.45) is 7.29. The first-order valence-corrected chi connectivity index (χ1v) is 10.5. The number of aldehydes is 1. The fourth-order valence-corrected chi connectivity index (χ4v) is 3.28. The van der Waals surface area contributed by atoms with E-state index in [-0.39, 0.29) is 6.61 Å². The Kier molecular flexibility index (Phi) is 15.5. The average molecular weight is 357 g/mol. The molecule has 0 aromatic rings. The molecule has 2 saturated heterocycles. The smallest absolute Gasteiger partial charge is 0.145 e. The van der Waals surface area contributed by atoms with Gasteiger partial charge in [-0.3, -0.25) is 0 Å². The van der Waals surface area contributed by atoms with E-state index < -0.39 is 0 Å². The number of carbonyl (C=O) groups excluding carboxylic acids is 1. The number of ether oxygens (including phenoxy) is 1. The predicted molar refractivity (Wildman–Crippen MR) is 108 cm³/mol. The molecular formula is C21H44N2O2. The molecule has 4 heteroatoms. The maximum Gasteiger partial charge on any atom is 0.145 e. The van der Waals surface area contributed by atoms with Gasteiger partial charge in [-0.1, -0.05) is 20.8 Å². The van der Waals surface area contributed by atoms with E-state index in [1.807, 2.05) is 13.8 Å². The number of hydrogen-bond acceptors (Lipinski definition) is 4. The number of likely N-dealkylation sites (tertiary alicyclic amines) is 2. The van der Waals surface area contributed by atoms with E-state index in [0.717, 1.165) is 31.1 Å². The Morgan fingerprint density at radius 3 is 2.04 bits per heavy atom. The Hall–Kier alpha value is -0.450. The van der Waals surface area contributed by atoms with Crippen LogP contribution in [0.4, 0.5) is 0 Å². The molecule has 25 heavy (non-hydrogen) atoms. The summed E-state index contributed by atoms with van der Waals surface area (Å²) in [7, 11) is 2.20. The summed E-state index contributed by atoms with van der Waals surface area (Å²) in [6, 6.07) is 0.678. The summed E-state index contributed by atoms with van der Waals surface area (Å²) in [5.41, 5.74) is 0. The molecule has 0 spiro atoms. The van der Waals surface area contributed by atoms with Crippen molar-refractivity contribution in [2.45, 2.75) is 72.8 Å². The Labute approximate surface area is 157 Å². The molecule has 0 saturated carbocycles. The fraction of sp³-hybridized carbons (Fsp3) is 0.952. The lowest BCUT2D eigenvalue weighted by atomic mass is 9.93. The fourth-order valence-electron chi connectivity index (χ4n) is 3.28. The van der Waals surface area contributed by atoms with E-state index >= 15 is 0 Å². The van der Waals surface area contributed by atoms with Crippen LogP contribution in [0.3, 0.4) is 0 Å². The third kappa shape index (κ3) is 12.5. The maximum absolute atomic E-state index is 10.0. The third-order valence-electron chi connectivity index (χ3n) is 5.24. The highest BCUT2D eigenvalue weighted by Gasteiger charge is 2.20. The van der Waals surface area contributed by atoms with Gasteiger partial charge >= 0.3 is 0 Å². The van der Waals surface area contributed by atoms with Crippen LogP contribution < -0.4 is 0 Å². The SMILES string of the molecule is CC.CC(C)N1CCC(CCOCC=O)CC1.CC1CCN(C)CC1. The van der Waals surface area contributed by atoms with Gasteiger partial charge in [-0.05, 0) is 91.0 Å². The van der Waals surface area contributed by atoms with Crippen molar-refractivity contribution in [2.75, 3.05) is 46.4 Å².